The van der Waals surface area contributed by atoms with Crippen LogP contribution in [0.5, 0.6) is 0 Å². The van der Waals surface area contributed by atoms with E-state index in [1.807, 2.05) is 30.3 Å². The molecule has 0 atom stereocenters. The van der Waals surface area contributed by atoms with Crippen LogP contribution >= 0.6 is 11.8 Å². The molecule has 0 heterocycles. The Morgan fingerprint density at radius 1 is 0.912 bits per heavy atom. The molecule has 0 aliphatic heterocycles. The molecule has 0 unspecified atom stereocenters. The van der Waals surface area contributed by atoms with Crippen LogP contribution in [0.2, 0.25) is 0 Å². The zero-order valence-corrected chi connectivity index (χ0v) is 20.5. The fraction of sp³-hybridized carbons (Fsp3) is 0.182. The molecular weight excluding hydrogens is 494 g/mol. The van der Waals surface area contributed by atoms with E-state index >= 15 is 0 Å². The summed E-state index contributed by atoms with van der Waals surface area (Å²) in [5.41, 5.74) is 10.9. The minimum absolute atomic E-state index is 0.0555. The van der Waals surface area contributed by atoms with Crippen molar-refractivity contribution in [3.8, 4) is 0 Å². The molecule has 3 aromatic rings. The SMILES string of the molecule is [N-]=[N+]=NS(=O)(=O)c1ccc(CN(CCSc2ccccc2)Cc2ccc(N[SH](=O)=O)cc2)cc1. The van der Waals surface area contributed by atoms with Crippen LogP contribution in [0.1, 0.15) is 11.1 Å². The van der Waals surface area contributed by atoms with E-state index in [4.69, 9.17) is 5.53 Å². The number of nitrogens with one attached hydrogen (secondary N) is 1. The smallest absolute Gasteiger partial charge is 0.264 e. The van der Waals surface area contributed by atoms with Gasteiger partial charge in [-0.3, -0.25) is 9.62 Å². The second-order valence-corrected chi connectivity index (χ2v) is 10.7. The Labute approximate surface area is 204 Å². The highest BCUT2D eigenvalue weighted by molar-refractivity contribution is 7.99. The summed E-state index contributed by atoms with van der Waals surface area (Å²) in [4.78, 5) is 5.72. The summed E-state index contributed by atoms with van der Waals surface area (Å²) in [7, 11) is -6.73. The fourth-order valence-electron chi connectivity index (χ4n) is 3.19. The number of anilines is 1. The quantitative estimate of drug-likeness (QED) is 0.120. The number of thioether (sulfide) groups is 1. The largest absolute Gasteiger partial charge is 0.294 e. The molecule has 0 saturated heterocycles. The van der Waals surface area contributed by atoms with Gasteiger partial charge in [-0.05, 0) is 53.1 Å². The minimum atomic E-state index is -4.02. The van der Waals surface area contributed by atoms with Crippen LogP contribution in [-0.4, -0.2) is 34.0 Å². The van der Waals surface area contributed by atoms with Crippen molar-refractivity contribution in [2.45, 2.75) is 22.9 Å². The monoisotopic (exact) mass is 517 g/mol. The van der Waals surface area contributed by atoms with Crippen molar-refractivity contribution in [3.63, 3.8) is 0 Å². The van der Waals surface area contributed by atoms with Crippen molar-refractivity contribution in [1.29, 1.82) is 0 Å². The average molecular weight is 518 g/mol. The minimum Gasteiger partial charge on any atom is -0.294 e. The Kier molecular flexibility index (Phi) is 9.37. The van der Waals surface area contributed by atoms with Gasteiger partial charge in [-0.15, -0.1) is 11.8 Å². The van der Waals surface area contributed by atoms with Crippen LogP contribution in [0.25, 0.3) is 10.4 Å². The van der Waals surface area contributed by atoms with Crippen LogP contribution in [0, 0.1) is 0 Å². The Bertz CT molecular complexity index is 1300. The average Bonchev–Trinajstić information content (AvgIpc) is 2.81. The second kappa shape index (κ2) is 12.4. The van der Waals surface area contributed by atoms with E-state index in [0.717, 1.165) is 23.4 Å². The van der Waals surface area contributed by atoms with Crippen molar-refractivity contribution >= 4 is 38.4 Å². The molecule has 0 amide bonds. The lowest BCUT2D eigenvalue weighted by molar-refractivity contribution is 0.274. The van der Waals surface area contributed by atoms with Gasteiger partial charge in [0.25, 0.3) is 10.0 Å². The molecule has 0 bridgehead atoms. The highest BCUT2D eigenvalue weighted by Crippen LogP contribution is 2.20. The molecule has 3 rings (SSSR count). The first-order valence-corrected chi connectivity index (χ1v) is 13.8. The van der Waals surface area contributed by atoms with Gasteiger partial charge in [0.15, 0.2) is 0 Å². The number of rotatable bonds is 12. The van der Waals surface area contributed by atoms with Gasteiger partial charge in [-0.1, -0.05) is 42.5 Å². The Morgan fingerprint density at radius 3 is 2.06 bits per heavy atom. The van der Waals surface area contributed by atoms with Crippen LogP contribution < -0.4 is 4.72 Å². The predicted octanol–water partition coefficient (Wildman–Crippen LogP) is 4.42. The molecule has 0 fully saturated rings. The standard InChI is InChI=1S/C22H23N5O4S3/c23-25-26-34(30,31)22-12-8-19(9-13-22)17-27(14-15-32-21-4-2-1-3-5-21)16-18-6-10-20(11-7-18)24-33(28)29/h1-13,33H,14-17H2,(H,24,28,29). The first-order chi connectivity index (χ1) is 16.4. The Hall–Kier alpha value is -3.02. The molecule has 0 spiro atoms. The van der Waals surface area contributed by atoms with E-state index < -0.39 is 20.9 Å². The normalized spacial score (nSPS) is 11.4. The summed E-state index contributed by atoms with van der Waals surface area (Å²) >= 11 is 1.75. The number of hydrogen-bond acceptors (Lipinski definition) is 6. The molecule has 0 aromatic heterocycles. The zero-order valence-electron chi connectivity index (χ0n) is 18.0. The van der Waals surface area contributed by atoms with Crippen LogP contribution in [0.3, 0.4) is 0 Å². The van der Waals surface area contributed by atoms with Gasteiger partial charge in [0.1, 0.15) is 0 Å². The van der Waals surface area contributed by atoms with Crippen molar-refractivity contribution in [1.82, 2.24) is 4.90 Å². The van der Waals surface area contributed by atoms with Gasteiger partial charge in [-0.25, -0.2) is 16.8 Å². The summed E-state index contributed by atoms with van der Waals surface area (Å²) in [5.74, 6) is 0.851. The lowest BCUT2D eigenvalue weighted by Gasteiger charge is -2.23. The van der Waals surface area contributed by atoms with Crippen molar-refractivity contribution in [2.75, 3.05) is 17.0 Å². The lowest BCUT2D eigenvalue weighted by Crippen LogP contribution is -2.25. The van der Waals surface area contributed by atoms with E-state index in [0.29, 0.717) is 18.8 Å². The molecule has 12 heteroatoms. The maximum Gasteiger partial charge on any atom is 0.264 e. The summed E-state index contributed by atoms with van der Waals surface area (Å²) in [5, 5.41) is 0. The molecule has 0 aliphatic rings. The van der Waals surface area contributed by atoms with E-state index in [-0.39, 0.29) is 4.90 Å². The number of azide groups is 1. The van der Waals surface area contributed by atoms with E-state index in [1.54, 1.807) is 36.0 Å². The van der Waals surface area contributed by atoms with Crippen LogP contribution in [-0.2, 0) is 34.0 Å². The van der Waals surface area contributed by atoms with Crippen LogP contribution in [0.15, 0.2) is 93.2 Å². The van der Waals surface area contributed by atoms with E-state index in [1.165, 1.54) is 17.0 Å². The summed E-state index contributed by atoms with van der Waals surface area (Å²) in [6.07, 6.45) is 0. The molecule has 3 aromatic carbocycles. The predicted molar refractivity (Wildman–Crippen MR) is 134 cm³/mol. The van der Waals surface area contributed by atoms with Crippen molar-refractivity contribution in [3.05, 3.63) is 100 Å². The first kappa shape index (κ1) is 25.6. The van der Waals surface area contributed by atoms with E-state index in [2.05, 4.69) is 31.2 Å². The highest BCUT2D eigenvalue weighted by Gasteiger charge is 2.13. The van der Waals surface area contributed by atoms with Gasteiger partial charge < -0.3 is 0 Å². The molecule has 0 saturated carbocycles. The molecule has 0 aliphatic carbocycles. The molecular formula is C22H23N5O4S3. The number of thiol groups is 1. The number of hydrogen-bond donors (Lipinski definition) is 2. The van der Waals surface area contributed by atoms with Crippen molar-refractivity contribution < 1.29 is 16.8 Å². The molecule has 9 nitrogen and oxygen atoms in total. The Morgan fingerprint density at radius 2 is 1.50 bits per heavy atom. The van der Waals surface area contributed by atoms with Gasteiger partial charge in [0.2, 0.25) is 10.9 Å². The molecule has 34 heavy (non-hydrogen) atoms. The third kappa shape index (κ3) is 8.08. The summed E-state index contributed by atoms with van der Waals surface area (Å²) in [6.45, 7) is 1.96. The summed E-state index contributed by atoms with van der Waals surface area (Å²) < 4.78 is 50.7. The Balaban J connectivity index is 1.71. The summed E-state index contributed by atoms with van der Waals surface area (Å²) in [6, 6.07) is 23.5. The van der Waals surface area contributed by atoms with Crippen molar-refractivity contribution in [2.24, 2.45) is 4.52 Å². The lowest BCUT2D eigenvalue weighted by atomic mass is 10.1. The maximum atomic E-state index is 11.9. The van der Waals surface area contributed by atoms with Crippen LogP contribution in [0.4, 0.5) is 5.69 Å². The van der Waals surface area contributed by atoms with Gasteiger partial charge >= 0.3 is 0 Å². The molecule has 1 N–H and O–H groups in total. The molecule has 178 valence electrons. The third-order valence-electron chi connectivity index (χ3n) is 4.77. The number of sulfonamides is 1. The zero-order chi connectivity index (χ0) is 24.4. The number of nitrogens with zero attached hydrogens (tertiary/aromatic N) is 4. The van der Waals surface area contributed by atoms with Gasteiger partial charge in [-0.2, -0.15) is 0 Å². The van der Waals surface area contributed by atoms with Gasteiger partial charge in [0.05, 0.1) is 4.90 Å². The van der Waals surface area contributed by atoms with E-state index in [9.17, 15) is 16.8 Å². The topological polar surface area (TPSA) is 132 Å². The second-order valence-electron chi connectivity index (χ2n) is 7.23. The third-order valence-corrected chi connectivity index (χ3v) is 7.36. The number of benzene rings is 3. The molecule has 0 radical (unpaired) electrons. The van der Waals surface area contributed by atoms with Gasteiger partial charge in [0, 0.05) is 45.4 Å². The highest BCUT2D eigenvalue weighted by atomic mass is 32.2. The first-order valence-electron chi connectivity index (χ1n) is 10.2. The maximum absolute atomic E-state index is 11.9. The fourth-order valence-corrected chi connectivity index (χ4v) is 5.16.